The molecule has 0 aliphatic carbocycles. The molecule has 0 aliphatic rings. The van der Waals surface area contributed by atoms with Crippen LogP contribution >= 0.6 is 0 Å². The van der Waals surface area contributed by atoms with Crippen LogP contribution in [-0.4, -0.2) is 23.8 Å². The molecule has 0 spiro atoms. The fourth-order valence-electron chi connectivity index (χ4n) is 1.41. The summed E-state index contributed by atoms with van der Waals surface area (Å²) in [7, 11) is 0. The van der Waals surface area contributed by atoms with Crippen molar-refractivity contribution in [2.45, 2.75) is 25.9 Å². The molecular formula is C14H14F3NO2. The van der Waals surface area contributed by atoms with Crippen LogP contribution in [0.3, 0.4) is 0 Å². The lowest BCUT2D eigenvalue weighted by Gasteiger charge is -2.10. The second-order valence-corrected chi connectivity index (χ2v) is 4.11. The van der Waals surface area contributed by atoms with Crippen LogP contribution in [0.2, 0.25) is 0 Å². The summed E-state index contributed by atoms with van der Waals surface area (Å²) in [5.74, 6) is 3.67. The van der Waals surface area contributed by atoms with E-state index in [4.69, 9.17) is 5.11 Å². The van der Waals surface area contributed by atoms with Gasteiger partial charge in [-0.2, -0.15) is 13.2 Å². The number of benzene rings is 1. The summed E-state index contributed by atoms with van der Waals surface area (Å²) in [6, 6.07) is 4.51. The number of aliphatic hydroxyl groups is 1. The molecule has 0 saturated heterocycles. The third-order valence-electron chi connectivity index (χ3n) is 2.42. The van der Waals surface area contributed by atoms with Crippen LogP contribution in [0.5, 0.6) is 0 Å². The van der Waals surface area contributed by atoms with Crippen LogP contribution in [0.15, 0.2) is 18.2 Å². The zero-order valence-electron chi connectivity index (χ0n) is 10.8. The zero-order valence-corrected chi connectivity index (χ0v) is 10.8. The number of anilines is 1. The lowest BCUT2D eigenvalue weighted by Crippen LogP contribution is -2.30. The Bertz CT molecular complexity index is 542. The number of amides is 1. The first-order valence-electron chi connectivity index (χ1n) is 5.93. The molecule has 1 aromatic rings. The van der Waals surface area contributed by atoms with Crippen molar-refractivity contribution in [2.24, 2.45) is 0 Å². The number of halogens is 3. The largest absolute Gasteiger partial charge is 0.471 e. The molecule has 0 bridgehead atoms. The number of hydrogen-bond acceptors (Lipinski definition) is 2. The van der Waals surface area contributed by atoms with E-state index in [2.05, 4.69) is 11.8 Å². The molecule has 1 aromatic carbocycles. The normalized spacial score (nSPS) is 10.7. The molecule has 0 fully saturated rings. The molecule has 0 saturated carbocycles. The van der Waals surface area contributed by atoms with Gasteiger partial charge in [0.1, 0.15) is 0 Å². The van der Waals surface area contributed by atoms with E-state index < -0.39 is 12.1 Å². The van der Waals surface area contributed by atoms with E-state index in [0.29, 0.717) is 24.0 Å². The fourth-order valence-corrected chi connectivity index (χ4v) is 1.41. The maximum atomic E-state index is 12.1. The van der Waals surface area contributed by atoms with Crippen LogP contribution in [0.1, 0.15) is 24.0 Å². The summed E-state index contributed by atoms with van der Waals surface area (Å²) in [4.78, 5) is 10.8. The number of hydrogen-bond donors (Lipinski definition) is 2. The summed E-state index contributed by atoms with van der Waals surface area (Å²) in [5, 5.41) is 10.4. The molecule has 6 heteroatoms. The Kier molecular flexibility index (Phi) is 5.59. The first-order chi connectivity index (χ1) is 9.34. The van der Waals surface area contributed by atoms with E-state index in [1.165, 1.54) is 12.1 Å². The van der Waals surface area contributed by atoms with Gasteiger partial charge in [-0.3, -0.25) is 4.79 Å². The Morgan fingerprint density at radius 3 is 2.65 bits per heavy atom. The first-order valence-corrected chi connectivity index (χ1v) is 5.93. The van der Waals surface area contributed by atoms with Crippen LogP contribution in [0.25, 0.3) is 0 Å². The number of alkyl halides is 3. The Labute approximate surface area is 114 Å². The van der Waals surface area contributed by atoms with Crippen molar-refractivity contribution in [1.29, 1.82) is 0 Å². The molecule has 108 valence electrons. The third kappa shape index (κ3) is 4.94. The van der Waals surface area contributed by atoms with Gasteiger partial charge in [-0.15, -0.1) is 0 Å². The molecule has 0 aromatic heterocycles. The molecule has 2 N–H and O–H groups in total. The molecule has 3 nitrogen and oxygen atoms in total. The monoisotopic (exact) mass is 285 g/mol. The molecule has 0 radical (unpaired) electrons. The van der Waals surface area contributed by atoms with Gasteiger partial charge in [0, 0.05) is 24.3 Å². The number of carbonyl (C=O) groups excluding carboxylic acids is 1. The minimum atomic E-state index is -4.91. The maximum Gasteiger partial charge on any atom is 0.471 e. The van der Waals surface area contributed by atoms with Crippen molar-refractivity contribution in [2.75, 3.05) is 11.9 Å². The topological polar surface area (TPSA) is 49.3 Å². The Morgan fingerprint density at radius 2 is 2.10 bits per heavy atom. The van der Waals surface area contributed by atoms with Crippen LogP contribution in [0.4, 0.5) is 18.9 Å². The lowest BCUT2D eigenvalue weighted by atomic mass is 10.1. The highest BCUT2D eigenvalue weighted by Gasteiger charge is 2.38. The number of aliphatic hydroxyl groups excluding tert-OH is 1. The minimum Gasteiger partial charge on any atom is -0.396 e. The number of nitrogens with one attached hydrogen (secondary N) is 1. The fraction of sp³-hybridized carbons (Fsp3) is 0.357. The molecule has 1 amide bonds. The number of carbonyl (C=O) groups is 1. The molecule has 20 heavy (non-hydrogen) atoms. The molecule has 0 unspecified atom stereocenters. The smallest absolute Gasteiger partial charge is 0.396 e. The Hall–Kier alpha value is -2.00. The highest BCUT2D eigenvalue weighted by atomic mass is 19.4. The SMILES string of the molecule is Cc1cc(C#CCCCO)ccc1NC(=O)C(F)(F)F. The van der Waals surface area contributed by atoms with Crippen molar-refractivity contribution in [3.8, 4) is 11.8 Å². The third-order valence-corrected chi connectivity index (χ3v) is 2.42. The second kappa shape index (κ2) is 6.96. The Balaban J connectivity index is 2.78. The van der Waals surface area contributed by atoms with Gasteiger partial charge in [0.25, 0.3) is 0 Å². The zero-order chi connectivity index (χ0) is 15.2. The molecule has 0 aliphatic heterocycles. The molecular weight excluding hydrogens is 271 g/mol. The van der Waals surface area contributed by atoms with Crippen molar-refractivity contribution in [1.82, 2.24) is 0 Å². The van der Waals surface area contributed by atoms with Crippen LogP contribution in [-0.2, 0) is 4.79 Å². The maximum absolute atomic E-state index is 12.1. The Morgan fingerprint density at radius 1 is 1.40 bits per heavy atom. The second-order valence-electron chi connectivity index (χ2n) is 4.11. The number of unbranched alkanes of at least 4 members (excludes halogenated alkanes) is 1. The average Bonchev–Trinajstić information content (AvgIpc) is 2.36. The predicted octanol–water partition coefficient (Wildman–Crippen LogP) is 2.62. The van der Waals surface area contributed by atoms with Gasteiger partial charge < -0.3 is 10.4 Å². The van der Waals surface area contributed by atoms with E-state index in [9.17, 15) is 18.0 Å². The number of aryl methyl sites for hydroxylation is 1. The van der Waals surface area contributed by atoms with E-state index >= 15 is 0 Å². The molecule has 1 rings (SSSR count). The summed E-state index contributed by atoms with van der Waals surface area (Å²) >= 11 is 0. The predicted molar refractivity (Wildman–Crippen MR) is 69.1 cm³/mol. The molecule has 0 atom stereocenters. The van der Waals surface area contributed by atoms with E-state index in [1.807, 2.05) is 5.32 Å². The van der Waals surface area contributed by atoms with Gasteiger partial charge in [-0.1, -0.05) is 11.8 Å². The van der Waals surface area contributed by atoms with Crippen LogP contribution < -0.4 is 5.32 Å². The highest BCUT2D eigenvalue weighted by Crippen LogP contribution is 2.21. The van der Waals surface area contributed by atoms with Crippen LogP contribution in [0, 0.1) is 18.8 Å². The van der Waals surface area contributed by atoms with Gasteiger partial charge in [-0.05, 0) is 37.1 Å². The summed E-state index contributed by atoms with van der Waals surface area (Å²) in [6.07, 6.45) is -3.79. The average molecular weight is 285 g/mol. The van der Waals surface area contributed by atoms with Gasteiger partial charge in [0.05, 0.1) is 0 Å². The van der Waals surface area contributed by atoms with Crippen molar-refractivity contribution < 1.29 is 23.1 Å². The van der Waals surface area contributed by atoms with E-state index in [1.54, 1.807) is 13.0 Å². The van der Waals surface area contributed by atoms with E-state index in [-0.39, 0.29) is 12.3 Å². The summed E-state index contributed by atoms with van der Waals surface area (Å²) < 4.78 is 36.4. The van der Waals surface area contributed by atoms with E-state index in [0.717, 1.165) is 0 Å². The summed E-state index contributed by atoms with van der Waals surface area (Å²) in [6.45, 7) is 1.65. The first kappa shape index (κ1) is 16.1. The van der Waals surface area contributed by atoms with Gasteiger partial charge in [0.15, 0.2) is 0 Å². The standard InChI is InChI=1S/C14H14F3NO2/c1-10-9-11(5-3-2-4-8-19)6-7-12(10)18-13(20)14(15,16)17/h6-7,9,19H,2,4,8H2,1H3,(H,18,20). The quantitative estimate of drug-likeness (QED) is 0.662. The lowest BCUT2D eigenvalue weighted by molar-refractivity contribution is -0.167. The van der Waals surface area contributed by atoms with Crippen molar-refractivity contribution >= 4 is 11.6 Å². The molecule has 0 heterocycles. The van der Waals surface area contributed by atoms with Gasteiger partial charge in [0.2, 0.25) is 0 Å². The number of rotatable bonds is 3. The van der Waals surface area contributed by atoms with Crippen molar-refractivity contribution in [3.63, 3.8) is 0 Å². The van der Waals surface area contributed by atoms with Gasteiger partial charge in [-0.25, -0.2) is 0 Å². The van der Waals surface area contributed by atoms with Gasteiger partial charge >= 0.3 is 12.1 Å². The summed E-state index contributed by atoms with van der Waals surface area (Å²) in [5.41, 5.74) is 1.25. The minimum absolute atomic E-state index is 0.0656. The highest BCUT2D eigenvalue weighted by molar-refractivity contribution is 5.95. The van der Waals surface area contributed by atoms with Crippen molar-refractivity contribution in [3.05, 3.63) is 29.3 Å².